The summed E-state index contributed by atoms with van der Waals surface area (Å²) in [5, 5.41) is 0. The maximum atomic E-state index is 8.74. The van der Waals surface area contributed by atoms with Gasteiger partial charge in [0.15, 0.2) is 0 Å². The molecule has 0 radical (unpaired) electrons. The Morgan fingerprint density at radius 3 is 1.25 bits per heavy atom. The quantitative estimate of drug-likeness (QED) is 0.231. The van der Waals surface area contributed by atoms with Gasteiger partial charge in [0.2, 0.25) is 0 Å². The minimum Gasteiger partial charge on any atom is -0.346 e. The van der Waals surface area contributed by atoms with Crippen LogP contribution in [0, 0.1) is 6.92 Å². The summed E-state index contributed by atoms with van der Waals surface area (Å²) >= 11 is 0. The van der Waals surface area contributed by atoms with Gasteiger partial charge in [0.1, 0.15) is 0 Å². The Labute approximate surface area is 91.7 Å². The van der Waals surface area contributed by atoms with Gasteiger partial charge in [0, 0.05) is 0 Å². The Balaban J connectivity index is -0.0000000750. The molecule has 0 aromatic heterocycles. The topological polar surface area (TPSA) is 74.6 Å². The van der Waals surface area contributed by atoms with Crippen LogP contribution in [-0.4, -0.2) is 17.5 Å². The molecule has 0 aliphatic heterocycles. The van der Waals surface area contributed by atoms with E-state index in [0.717, 1.165) is 0 Å². The molecule has 0 amide bonds. The van der Waals surface area contributed by atoms with E-state index in [4.69, 9.17) is 17.5 Å². The Hall–Kier alpha value is 1.51. The van der Waals surface area contributed by atoms with Crippen molar-refractivity contribution in [3.8, 4) is 0 Å². The SMILES string of the molecule is O=S(=O)(O)O.[CH2-]C.[K+]. The molecule has 0 heterocycles. The van der Waals surface area contributed by atoms with Crippen LogP contribution >= 0.6 is 0 Å². The largest absolute Gasteiger partial charge is 1.00 e. The molecule has 0 bridgehead atoms. The van der Waals surface area contributed by atoms with Gasteiger partial charge in [-0.2, -0.15) is 15.3 Å². The number of hydrogen-bond acceptors (Lipinski definition) is 2. The molecule has 0 unspecified atom stereocenters. The zero-order chi connectivity index (χ0) is 6.50. The Bertz CT molecular complexity index is 97.2. The van der Waals surface area contributed by atoms with E-state index in [0.29, 0.717) is 0 Å². The fourth-order valence-electron chi connectivity index (χ4n) is 0. The van der Waals surface area contributed by atoms with Gasteiger partial charge < -0.3 is 6.92 Å². The van der Waals surface area contributed by atoms with Crippen molar-refractivity contribution < 1.29 is 68.9 Å². The summed E-state index contributed by atoms with van der Waals surface area (Å²) in [6.07, 6.45) is 0. The van der Waals surface area contributed by atoms with Crippen molar-refractivity contribution in [3.63, 3.8) is 0 Å². The van der Waals surface area contributed by atoms with Gasteiger partial charge in [0.25, 0.3) is 0 Å². The standard InChI is InChI=1S/C2H5.K.H2O4S/c1-2;;1-5(2,3)4/h1H2,2H3;;(H2,1,2,3,4)/q-1;+1;. The van der Waals surface area contributed by atoms with Gasteiger partial charge in [0.05, 0.1) is 0 Å². The van der Waals surface area contributed by atoms with E-state index in [-0.39, 0.29) is 51.4 Å². The first-order valence-corrected chi connectivity index (χ1v) is 2.80. The zero-order valence-corrected chi connectivity index (χ0v) is 8.77. The van der Waals surface area contributed by atoms with Gasteiger partial charge in [-0.25, -0.2) is 0 Å². The molecule has 0 saturated heterocycles. The number of hydrogen-bond donors (Lipinski definition) is 2. The summed E-state index contributed by atoms with van der Waals surface area (Å²) in [6, 6.07) is 0. The van der Waals surface area contributed by atoms with Crippen LogP contribution in [0.25, 0.3) is 0 Å². The molecule has 0 aromatic carbocycles. The predicted molar refractivity (Wildman–Crippen MR) is 25.2 cm³/mol. The predicted octanol–water partition coefficient (Wildman–Crippen LogP) is -2.81. The molecule has 0 aliphatic rings. The molecule has 2 N–H and O–H groups in total. The van der Waals surface area contributed by atoms with Crippen LogP contribution in [0.5, 0.6) is 0 Å². The minimum absolute atomic E-state index is 0. The summed E-state index contributed by atoms with van der Waals surface area (Å²) in [4.78, 5) is 0. The minimum atomic E-state index is -4.67. The summed E-state index contributed by atoms with van der Waals surface area (Å²) in [7, 11) is -4.67. The van der Waals surface area contributed by atoms with Crippen molar-refractivity contribution in [2.75, 3.05) is 0 Å². The fourth-order valence-corrected chi connectivity index (χ4v) is 0. The second-order valence-electron chi connectivity index (χ2n) is 0.448. The van der Waals surface area contributed by atoms with Crippen LogP contribution in [0.1, 0.15) is 6.92 Å². The van der Waals surface area contributed by atoms with E-state index in [1.807, 2.05) is 0 Å². The van der Waals surface area contributed by atoms with Gasteiger partial charge in [-0.1, -0.05) is 0 Å². The van der Waals surface area contributed by atoms with Crippen LogP contribution in [-0.2, 0) is 10.4 Å². The zero-order valence-electron chi connectivity index (χ0n) is 4.83. The van der Waals surface area contributed by atoms with Gasteiger partial charge in [-0.05, 0) is 0 Å². The van der Waals surface area contributed by atoms with Gasteiger partial charge >= 0.3 is 61.8 Å². The molecule has 0 aromatic rings. The molecule has 0 aliphatic carbocycles. The van der Waals surface area contributed by atoms with Crippen LogP contribution in [0.15, 0.2) is 0 Å². The third-order valence-electron chi connectivity index (χ3n) is 0. The molecule has 6 heteroatoms. The van der Waals surface area contributed by atoms with Gasteiger partial charge in [-0.3, -0.25) is 9.11 Å². The maximum Gasteiger partial charge on any atom is 1.00 e. The summed E-state index contributed by atoms with van der Waals surface area (Å²) in [5.74, 6) is 0. The van der Waals surface area contributed by atoms with E-state index < -0.39 is 10.4 Å². The molecule has 8 heavy (non-hydrogen) atoms. The van der Waals surface area contributed by atoms with Crippen molar-refractivity contribution >= 4 is 10.4 Å². The van der Waals surface area contributed by atoms with Crippen molar-refractivity contribution in [3.05, 3.63) is 6.92 Å². The normalized spacial score (nSPS) is 8.00. The Morgan fingerprint density at radius 1 is 1.25 bits per heavy atom. The van der Waals surface area contributed by atoms with Crippen LogP contribution in [0.3, 0.4) is 0 Å². The van der Waals surface area contributed by atoms with Crippen molar-refractivity contribution in [2.24, 2.45) is 0 Å². The second-order valence-corrected chi connectivity index (χ2v) is 1.34. The van der Waals surface area contributed by atoms with E-state index in [9.17, 15) is 0 Å². The van der Waals surface area contributed by atoms with E-state index in [1.54, 1.807) is 6.92 Å². The van der Waals surface area contributed by atoms with Crippen molar-refractivity contribution in [2.45, 2.75) is 6.92 Å². The van der Waals surface area contributed by atoms with E-state index >= 15 is 0 Å². The van der Waals surface area contributed by atoms with Crippen molar-refractivity contribution in [1.29, 1.82) is 0 Å². The average molecular weight is 166 g/mol. The van der Waals surface area contributed by atoms with Gasteiger partial charge in [-0.15, -0.1) is 0 Å². The number of rotatable bonds is 0. The fraction of sp³-hybridized carbons (Fsp3) is 0.500. The summed E-state index contributed by atoms with van der Waals surface area (Å²) < 4.78 is 31.6. The first-order chi connectivity index (χ1) is 3.00. The molecular weight excluding hydrogens is 159 g/mol. The van der Waals surface area contributed by atoms with E-state index in [1.165, 1.54) is 0 Å². The van der Waals surface area contributed by atoms with Crippen LogP contribution in [0.4, 0.5) is 0 Å². The molecule has 0 atom stereocenters. The Kier molecular flexibility index (Phi) is 17.3. The first kappa shape index (κ1) is 16.2. The molecule has 0 rings (SSSR count). The third-order valence-corrected chi connectivity index (χ3v) is 0. The molecule has 4 nitrogen and oxygen atoms in total. The molecule has 46 valence electrons. The Morgan fingerprint density at radius 2 is 1.25 bits per heavy atom. The molecular formula is C2H7KO4S. The van der Waals surface area contributed by atoms with Crippen molar-refractivity contribution in [1.82, 2.24) is 0 Å². The maximum absolute atomic E-state index is 8.74. The first-order valence-electron chi connectivity index (χ1n) is 1.41. The smallest absolute Gasteiger partial charge is 0.346 e. The molecule has 0 spiro atoms. The van der Waals surface area contributed by atoms with Crippen LogP contribution < -0.4 is 51.4 Å². The average Bonchev–Trinajstić information content (AvgIpc) is 1.36. The van der Waals surface area contributed by atoms with Crippen LogP contribution in [0.2, 0.25) is 0 Å². The monoisotopic (exact) mass is 166 g/mol. The summed E-state index contributed by atoms with van der Waals surface area (Å²) in [6.45, 7) is 5.00. The third kappa shape index (κ3) is 140. The van der Waals surface area contributed by atoms with E-state index in [2.05, 4.69) is 6.92 Å². The second kappa shape index (κ2) is 8.51. The molecule has 0 fully saturated rings. The summed E-state index contributed by atoms with van der Waals surface area (Å²) in [5.41, 5.74) is 0. The molecule has 0 saturated carbocycles.